The molecule has 0 fully saturated rings. The van der Waals surface area contributed by atoms with Crippen molar-refractivity contribution < 1.29 is 60.6 Å². The Hall–Kier alpha value is -0.623. The van der Waals surface area contributed by atoms with Gasteiger partial charge in [-0.25, -0.2) is 4.79 Å². The first-order chi connectivity index (χ1) is 2.64. The Labute approximate surface area is 73.2 Å². The van der Waals surface area contributed by atoms with E-state index in [0.717, 1.165) is 0 Å². The second kappa shape index (κ2) is 22.8. The van der Waals surface area contributed by atoms with Gasteiger partial charge in [-0.15, -0.1) is 0 Å². The van der Waals surface area contributed by atoms with Crippen molar-refractivity contribution in [1.29, 1.82) is 0 Å². The summed E-state index contributed by atoms with van der Waals surface area (Å²) in [5.41, 5.74) is 0. The topological polar surface area (TPSA) is 203 Å². The minimum absolute atomic E-state index is 0. The van der Waals surface area contributed by atoms with Gasteiger partial charge in [0.2, 0.25) is 0 Å². The van der Waals surface area contributed by atoms with Crippen LogP contribution in [-0.4, -0.2) is 38.9 Å². The van der Waals surface area contributed by atoms with E-state index >= 15 is 0 Å². The maximum absolute atomic E-state index is 9.04. The summed E-state index contributed by atoms with van der Waals surface area (Å²) in [7, 11) is 0. The van der Waals surface area contributed by atoms with Gasteiger partial charge in [0.1, 0.15) is 0 Å². The molecule has 0 saturated heterocycles. The number of carbonyl (C=O) groups excluding carboxylic acids is 1. The third-order valence-corrected chi connectivity index (χ3v) is 0.175. The minimum atomic E-state index is -2.07. The molecular formula is C2H9LiO8. The minimum Gasteiger partial charge on any atom is -0.539 e. The Morgan fingerprint density at radius 2 is 1.09 bits per heavy atom. The Morgan fingerprint density at radius 1 is 1.00 bits per heavy atom. The van der Waals surface area contributed by atoms with E-state index in [0.29, 0.717) is 0 Å². The van der Waals surface area contributed by atoms with Gasteiger partial charge in [0.05, 0.1) is 0 Å². The van der Waals surface area contributed by atoms with Crippen LogP contribution in [0.3, 0.4) is 0 Å². The zero-order valence-corrected chi connectivity index (χ0v) is 5.67. The zero-order valence-electron chi connectivity index (χ0n) is 5.67. The molecule has 0 heterocycles. The fraction of sp³-hybridized carbons (Fsp3) is 0. The Kier molecular flexibility index (Phi) is 98.5. The van der Waals surface area contributed by atoms with Crippen LogP contribution in [0, 0.1) is 0 Å². The number of hydrogen-bond acceptors (Lipinski definition) is 3. The number of aliphatic carboxylic acids is 2. The van der Waals surface area contributed by atoms with Gasteiger partial charge < -0.3 is 36.9 Å². The summed E-state index contributed by atoms with van der Waals surface area (Å²) in [6.45, 7) is 0. The predicted octanol–water partition coefficient (Wildman–Crippen LogP) is -8.47. The molecule has 8 nitrogen and oxygen atoms in total. The fourth-order valence-corrected chi connectivity index (χ4v) is 0. The average Bonchev–Trinajstić information content (AvgIpc) is 1.36. The molecule has 0 rings (SSSR count). The molecular weight excluding hydrogens is 159 g/mol. The van der Waals surface area contributed by atoms with E-state index in [2.05, 4.69) is 0 Å². The van der Waals surface area contributed by atoms with Crippen LogP contribution in [0.4, 0.5) is 0 Å². The van der Waals surface area contributed by atoms with Crippen molar-refractivity contribution in [2.24, 2.45) is 0 Å². The number of rotatable bonds is 0. The summed E-state index contributed by atoms with van der Waals surface area (Å²) in [5, 5.41) is 16.3. The first-order valence-corrected chi connectivity index (χ1v) is 1.09. The molecule has 11 heavy (non-hydrogen) atoms. The van der Waals surface area contributed by atoms with Crippen LogP contribution >= 0.6 is 0 Å². The Bertz CT molecular complexity index is 78.1. The second-order valence-corrected chi connectivity index (χ2v) is 0.593. The standard InChI is InChI=1S/C2H2O4.Li.4H2O/c3-1(4)2(5)6;;;;;/h(H,3,4)(H,5,6);;4*1H2/q;+1;;;;/p-1. The molecule has 0 spiro atoms. The monoisotopic (exact) mass is 168 g/mol. The number of carboxylic acids is 2. The third kappa shape index (κ3) is 44.7. The predicted molar refractivity (Wildman–Crippen MR) is 27.1 cm³/mol. The van der Waals surface area contributed by atoms with Gasteiger partial charge >= 0.3 is 24.8 Å². The second-order valence-electron chi connectivity index (χ2n) is 0.593. The first-order valence-electron chi connectivity index (χ1n) is 1.09. The summed E-state index contributed by atoms with van der Waals surface area (Å²) in [5.74, 6) is -4.01. The molecule has 0 aromatic rings. The van der Waals surface area contributed by atoms with E-state index in [4.69, 9.17) is 19.8 Å². The van der Waals surface area contributed by atoms with E-state index in [9.17, 15) is 0 Å². The summed E-state index contributed by atoms with van der Waals surface area (Å²) >= 11 is 0. The van der Waals surface area contributed by atoms with Crippen molar-refractivity contribution in [3.8, 4) is 0 Å². The third-order valence-electron chi connectivity index (χ3n) is 0.175. The fourth-order valence-electron chi connectivity index (χ4n) is 0. The van der Waals surface area contributed by atoms with Crippen LogP contribution in [0.25, 0.3) is 0 Å². The molecule has 0 radical (unpaired) electrons. The van der Waals surface area contributed by atoms with Gasteiger partial charge in [-0.05, 0) is 0 Å². The molecule has 0 aliphatic rings. The summed E-state index contributed by atoms with van der Waals surface area (Å²) in [6, 6.07) is 0. The number of hydrogen-bond donors (Lipinski definition) is 1. The molecule has 0 amide bonds. The van der Waals surface area contributed by atoms with E-state index in [-0.39, 0.29) is 40.8 Å². The zero-order chi connectivity index (χ0) is 5.15. The van der Waals surface area contributed by atoms with Crippen LogP contribution in [-0.2, 0) is 9.59 Å². The van der Waals surface area contributed by atoms with Crippen molar-refractivity contribution in [3.05, 3.63) is 0 Å². The van der Waals surface area contributed by atoms with Crippen molar-refractivity contribution >= 4 is 11.9 Å². The maximum Gasteiger partial charge on any atom is 1.00 e. The number of carboxylic acid groups (broad SMARTS) is 2. The largest absolute Gasteiger partial charge is 1.00 e. The van der Waals surface area contributed by atoms with Crippen LogP contribution in [0.15, 0.2) is 0 Å². The molecule has 0 aliphatic carbocycles. The average molecular weight is 168 g/mol. The van der Waals surface area contributed by atoms with E-state index < -0.39 is 11.9 Å². The molecule has 0 unspecified atom stereocenters. The van der Waals surface area contributed by atoms with Crippen LogP contribution in [0.5, 0.6) is 0 Å². The Morgan fingerprint density at radius 3 is 1.09 bits per heavy atom. The molecule has 0 aromatic heterocycles. The van der Waals surface area contributed by atoms with Gasteiger partial charge in [-0.2, -0.15) is 0 Å². The normalized spacial score (nSPS) is 4.00. The van der Waals surface area contributed by atoms with Crippen LogP contribution in [0.1, 0.15) is 0 Å². The van der Waals surface area contributed by atoms with E-state index in [1.165, 1.54) is 0 Å². The van der Waals surface area contributed by atoms with Crippen molar-refractivity contribution in [1.82, 2.24) is 0 Å². The summed E-state index contributed by atoms with van der Waals surface area (Å²) < 4.78 is 0. The van der Waals surface area contributed by atoms with Gasteiger partial charge in [0.25, 0.3) is 0 Å². The molecule has 66 valence electrons. The molecule has 9 heteroatoms. The summed E-state index contributed by atoms with van der Waals surface area (Å²) in [4.78, 5) is 18.0. The van der Waals surface area contributed by atoms with Gasteiger partial charge in [-0.3, -0.25) is 0 Å². The van der Waals surface area contributed by atoms with E-state index in [1.807, 2.05) is 0 Å². The van der Waals surface area contributed by atoms with Crippen LogP contribution < -0.4 is 24.0 Å². The molecule has 0 bridgehead atoms. The molecule has 0 aromatic carbocycles. The maximum atomic E-state index is 9.04. The van der Waals surface area contributed by atoms with Crippen molar-refractivity contribution in [2.45, 2.75) is 0 Å². The smallest absolute Gasteiger partial charge is 0.539 e. The molecule has 9 N–H and O–H groups in total. The van der Waals surface area contributed by atoms with Gasteiger partial charge in [0, 0.05) is 0 Å². The molecule has 0 atom stereocenters. The summed E-state index contributed by atoms with van der Waals surface area (Å²) in [6.07, 6.45) is 0. The molecule has 0 saturated carbocycles. The Balaban J connectivity index is -0.0000000125. The quantitative estimate of drug-likeness (QED) is 0.276. The van der Waals surface area contributed by atoms with Gasteiger partial charge in [0.15, 0.2) is 5.97 Å². The van der Waals surface area contributed by atoms with E-state index in [1.54, 1.807) is 0 Å². The van der Waals surface area contributed by atoms with Crippen LogP contribution in [0.2, 0.25) is 0 Å². The van der Waals surface area contributed by atoms with Gasteiger partial charge in [-0.1, -0.05) is 0 Å². The number of carbonyl (C=O) groups is 2. The molecule has 0 aliphatic heterocycles. The van der Waals surface area contributed by atoms with Crippen molar-refractivity contribution in [2.75, 3.05) is 0 Å². The SMILES string of the molecule is O.O.O.O.O=C([O-])C(=O)O.[Li+]. The van der Waals surface area contributed by atoms with Crippen molar-refractivity contribution in [3.63, 3.8) is 0 Å². The first kappa shape index (κ1) is 47.6.